The minimum absolute atomic E-state index is 0.433. The standard InChI is InChI=1S/C10H5Cl2N3/c11-6-1-2-8-7(3-6)14-10(12)9-4-13-5-15(8)9/h1-5H. The van der Waals surface area contributed by atoms with Crippen LogP contribution in [-0.2, 0) is 0 Å². The molecule has 2 heterocycles. The predicted molar refractivity (Wildman–Crippen MR) is 60.5 cm³/mol. The third-order valence-electron chi connectivity index (χ3n) is 2.27. The molecule has 3 rings (SSSR count). The predicted octanol–water partition coefficient (Wildman–Crippen LogP) is 3.19. The molecule has 3 nitrogen and oxygen atoms in total. The molecule has 2 aromatic heterocycles. The normalized spacial score (nSPS) is 11.3. The van der Waals surface area contributed by atoms with Crippen molar-refractivity contribution in [3.63, 3.8) is 0 Å². The summed E-state index contributed by atoms with van der Waals surface area (Å²) in [5.41, 5.74) is 2.50. The summed E-state index contributed by atoms with van der Waals surface area (Å²) >= 11 is 11.9. The molecule has 0 amide bonds. The highest BCUT2D eigenvalue weighted by Crippen LogP contribution is 2.23. The molecule has 0 saturated carbocycles. The number of fused-ring (bicyclic) bond motifs is 3. The van der Waals surface area contributed by atoms with Gasteiger partial charge in [-0.1, -0.05) is 23.2 Å². The summed E-state index contributed by atoms with van der Waals surface area (Å²) in [7, 11) is 0. The van der Waals surface area contributed by atoms with E-state index in [-0.39, 0.29) is 0 Å². The van der Waals surface area contributed by atoms with Crippen LogP contribution in [-0.4, -0.2) is 14.4 Å². The lowest BCUT2D eigenvalue weighted by Crippen LogP contribution is -1.90. The van der Waals surface area contributed by atoms with Crippen molar-refractivity contribution in [2.24, 2.45) is 0 Å². The fraction of sp³-hybridized carbons (Fsp3) is 0. The Morgan fingerprint density at radius 1 is 1.13 bits per heavy atom. The lowest BCUT2D eigenvalue weighted by molar-refractivity contribution is 1.19. The van der Waals surface area contributed by atoms with E-state index in [0.717, 1.165) is 16.6 Å². The van der Waals surface area contributed by atoms with E-state index in [1.54, 1.807) is 18.6 Å². The zero-order chi connectivity index (χ0) is 10.4. The van der Waals surface area contributed by atoms with Crippen LogP contribution >= 0.6 is 23.2 Å². The highest BCUT2D eigenvalue weighted by atomic mass is 35.5. The number of benzene rings is 1. The quantitative estimate of drug-likeness (QED) is 0.602. The molecule has 0 saturated heterocycles. The Morgan fingerprint density at radius 2 is 2.00 bits per heavy atom. The van der Waals surface area contributed by atoms with Gasteiger partial charge in [0.1, 0.15) is 5.52 Å². The first-order valence-electron chi connectivity index (χ1n) is 4.32. The van der Waals surface area contributed by atoms with Crippen molar-refractivity contribution < 1.29 is 0 Å². The van der Waals surface area contributed by atoms with Crippen LogP contribution in [0.1, 0.15) is 0 Å². The molecule has 0 spiro atoms. The summed E-state index contributed by atoms with van der Waals surface area (Å²) in [6, 6.07) is 5.50. The van der Waals surface area contributed by atoms with E-state index in [2.05, 4.69) is 9.97 Å². The van der Waals surface area contributed by atoms with Gasteiger partial charge in [-0.2, -0.15) is 0 Å². The van der Waals surface area contributed by atoms with Crippen LogP contribution in [0, 0.1) is 0 Å². The fourth-order valence-electron chi connectivity index (χ4n) is 1.59. The summed E-state index contributed by atoms with van der Waals surface area (Å²) in [4.78, 5) is 8.30. The Hall–Kier alpha value is -1.32. The maximum absolute atomic E-state index is 6.01. The molecule has 74 valence electrons. The van der Waals surface area contributed by atoms with Crippen LogP contribution in [0.25, 0.3) is 16.6 Å². The summed E-state index contributed by atoms with van der Waals surface area (Å²) < 4.78 is 1.89. The van der Waals surface area contributed by atoms with Crippen LogP contribution < -0.4 is 0 Å². The summed E-state index contributed by atoms with van der Waals surface area (Å²) in [5.74, 6) is 0. The zero-order valence-electron chi connectivity index (χ0n) is 7.48. The van der Waals surface area contributed by atoms with Crippen molar-refractivity contribution in [2.45, 2.75) is 0 Å². The summed E-state index contributed by atoms with van der Waals surface area (Å²) in [5, 5.41) is 1.08. The lowest BCUT2D eigenvalue weighted by atomic mass is 10.3. The second-order valence-corrected chi connectivity index (χ2v) is 3.98. The molecule has 0 aliphatic carbocycles. The van der Waals surface area contributed by atoms with E-state index in [1.165, 1.54) is 0 Å². The van der Waals surface area contributed by atoms with Gasteiger partial charge in [-0.25, -0.2) is 9.97 Å². The summed E-state index contributed by atoms with van der Waals surface area (Å²) in [6.45, 7) is 0. The van der Waals surface area contributed by atoms with Gasteiger partial charge >= 0.3 is 0 Å². The average molecular weight is 238 g/mol. The first-order valence-corrected chi connectivity index (χ1v) is 5.08. The van der Waals surface area contributed by atoms with E-state index in [0.29, 0.717) is 10.2 Å². The topological polar surface area (TPSA) is 30.2 Å². The fourth-order valence-corrected chi connectivity index (χ4v) is 1.99. The zero-order valence-corrected chi connectivity index (χ0v) is 9.00. The van der Waals surface area contributed by atoms with Gasteiger partial charge in [0, 0.05) is 5.02 Å². The highest BCUT2D eigenvalue weighted by Gasteiger charge is 2.06. The molecule has 0 fully saturated rings. The number of hydrogen-bond acceptors (Lipinski definition) is 2. The van der Waals surface area contributed by atoms with Gasteiger partial charge in [0.05, 0.1) is 23.6 Å². The Labute approximate surface area is 95.3 Å². The molecule has 0 unspecified atom stereocenters. The van der Waals surface area contributed by atoms with Crippen molar-refractivity contribution in [1.82, 2.24) is 14.4 Å². The molecule has 0 aliphatic rings. The Balaban J connectivity index is 2.60. The van der Waals surface area contributed by atoms with Gasteiger partial charge in [-0.05, 0) is 18.2 Å². The number of halogens is 2. The van der Waals surface area contributed by atoms with E-state index in [1.807, 2.05) is 16.5 Å². The molecule has 3 aromatic rings. The molecule has 1 aromatic carbocycles. The molecule has 15 heavy (non-hydrogen) atoms. The van der Waals surface area contributed by atoms with E-state index in [9.17, 15) is 0 Å². The molecular weight excluding hydrogens is 233 g/mol. The Kier molecular flexibility index (Phi) is 1.84. The smallest absolute Gasteiger partial charge is 0.155 e. The second kappa shape index (κ2) is 3.08. The van der Waals surface area contributed by atoms with Gasteiger partial charge in [-0.15, -0.1) is 0 Å². The van der Waals surface area contributed by atoms with E-state index >= 15 is 0 Å². The Morgan fingerprint density at radius 3 is 2.87 bits per heavy atom. The second-order valence-electron chi connectivity index (χ2n) is 3.18. The number of nitrogens with zero attached hydrogens (tertiary/aromatic N) is 3. The number of hydrogen-bond donors (Lipinski definition) is 0. The molecule has 0 N–H and O–H groups in total. The average Bonchev–Trinajstić information content (AvgIpc) is 2.66. The van der Waals surface area contributed by atoms with Crippen molar-refractivity contribution in [3.05, 3.63) is 40.9 Å². The molecule has 0 radical (unpaired) electrons. The van der Waals surface area contributed by atoms with Crippen LogP contribution in [0.4, 0.5) is 0 Å². The maximum Gasteiger partial charge on any atom is 0.155 e. The highest BCUT2D eigenvalue weighted by molar-refractivity contribution is 6.33. The van der Waals surface area contributed by atoms with Gasteiger partial charge in [0.25, 0.3) is 0 Å². The third-order valence-corrected chi connectivity index (χ3v) is 2.78. The minimum atomic E-state index is 0.433. The third kappa shape index (κ3) is 1.28. The van der Waals surface area contributed by atoms with Crippen LogP contribution in [0.5, 0.6) is 0 Å². The first-order chi connectivity index (χ1) is 7.25. The number of rotatable bonds is 0. The van der Waals surface area contributed by atoms with Gasteiger partial charge in [0.15, 0.2) is 5.15 Å². The van der Waals surface area contributed by atoms with E-state index in [4.69, 9.17) is 23.2 Å². The van der Waals surface area contributed by atoms with Crippen molar-refractivity contribution >= 4 is 39.8 Å². The number of aromatic nitrogens is 3. The first kappa shape index (κ1) is 8.95. The lowest BCUT2D eigenvalue weighted by Gasteiger charge is -2.03. The molecule has 0 aliphatic heterocycles. The van der Waals surface area contributed by atoms with Gasteiger partial charge in [0.2, 0.25) is 0 Å². The largest absolute Gasteiger partial charge is 0.294 e. The van der Waals surface area contributed by atoms with Gasteiger partial charge in [-0.3, -0.25) is 4.40 Å². The van der Waals surface area contributed by atoms with E-state index < -0.39 is 0 Å². The SMILES string of the molecule is Clc1ccc2c(c1)nc(Cl)c1cncn12. The van der Waals surface area contributed by atoms with Crippen LogP contribution in [0.15, 0.2) is 30.7 Å². The Bertz CT molecular complexity index is 660. The van der Waals surface area contributed by atoms with Crippen molar-refractivity contribution in [1.29, 1.82) is 0 Å². The van der Waals surface area contributed by atoms with Gasteiger partial charge < -0.3 is 0 Å². The maximum atomic E-state index is 6.01. The molecular formula is C10H5Cl2N3. The monoisotopic (exact) mass is 237 g/mol. The molecule has 5 heteroatoms. The van der Waals surface area contributed by atoms with Crippen LogP contribution in [0.2, 0.25) is 10.2 Å². The minimum Gasteiger partial charge on any atom is -0.294 e. The van der Waals surface area contributed by atoms with Crippen molar-refractivity contribution in [3.8, 4) is 0 Å². The van der Waals surface area contributed by atoms with Crippen LogP contribution in [0.3, 0.4) is 0 Å². The van der Waals surface area contributed by atoms with Crippen molar-refractivity contribution in [2.75, 3.05) is 0 Å². The number of imidazole rings is 1. The molecule has 0 atom stereocenters. The summed E-state index contributed by atoms with van der Waals surface area (Å²) in [6.07, 6.45) is 3.39. The molecule has 0 bridgehead atoms.